The van der Waals surface area contributed by atoms with Crippen molar-refractivity contribution in [3.63, 3.8) is 0 Å². The van der Waals surface area contributed by atoms with Crippen molar-refractivity contribution in [1.29, 1.82) is 0 Å². The van der Waals surface area contributed by atoms with Crippen LogP contribution in [0.3, 0.4) is 0 Å². The van der Waals surface area contributed by atoms with Gasteiger partial charge in [-0.2, -0.15) is 4.99 Å². The molecule has 1 amide bonds. The van der Waals surface area contributed by atoms with E-state index < -0.39 is 0 Å². The number of carbonyl (C=O) groups is 2. The lowest BCUT2D eigenvalue weighted by Crippen LogP contribution is -2.19. The van der Waals surface area contributed by atoms with Gasteiger partial charge in [-0.25, -0.2) is 0 Å². The van der Waals surface area contributed by atoms with E-state index in [2.05, 4.69) is 4.99 Å². The fourth-order valence-electron chi connectivity index (χ4n) is 2.89. The number of para-hydroxylation sites is 1. The average Bonchev–Trinajstić information content (AvgIpc) is 3.02. The van der Waals surface area contributed by atoms with E-state index in [4.69, 9.17) is 9.47 Å². The molecule has 0 atom stereocenters. The topological polar surface area (TPSA) is 69.9 Å². The quantitative estimate of drug-likeness (QED) is 0.594. The third-order valence-electron chi connectivity index (χ3n) is 4.22. The predicted molar refractivity (Wildman–Crippen MR) is 109 cm³/mol. The Morgan fingerprint density at radius 1 is 1.18 bits per heavy atom. The molecule has 2 aromatic carbocycles. The molecule has 0 N–H and O–H groups in total. The molecule has 6 nitrogen and oxygen atoms in total. The number of hydrogen-bond acceptors (Lipinski definition) is 5. The molecule has 0 fully saturated rings. The fourth-order valence-corrected chi connectivity index (χ4v) is 4.04. The van der Waals surface area contributed by atoms with Gasteiger partial charge in [0.2, 0.25) is 0 Å². The summed E-state index contributed by atoms with van der Waals surface area (Å²) in [6.45, 7) is 4.52. The van der Waals surface area contributed by atoms with Gasteiger partial charge in [-0.1, -0.05) is 29.5 Å². The SMILES string of the molecule is CCOC(=O)CCn1c(=NC(=O)c2ccccc2OC)sc2cc(C)ccc21. The molecule has 0 saturated heterocycles. The lowest BCUT2D eigenvalue weighted by atomic mass is 10.2. The highest BCUT2D eigenvalue weighted by Crippen LogP contribution is 2.21. The summed E-state index contributed by atoms with van der Waals surface area (Å²) in [6.07, 6.45) is 0.212. The molecule has 3 rings (SSSR count). The van der Waals surface area contributed by atoms with Gasteiger partial charge in [0.25, 0.3) is 5.91 Å². The second-order valence-electron chi connectivity index (χ2n) is 6.18. The number of aryl methyl sites for hydroxylation is 2. The third-order valence-corrected chi connectivity index (χ3v) is 5.26. The Morgan fingerprint density at radius 3 is 2.71 bits per heavy atom. The molecule has 0 radical (unpaired) electrons. The predicted octanol–water partition coefficient (Wildman–Crippen LogP) is 3.71. The number of rotatable bonds is 6. The summed E-state index contributed by atoms with van der Waals surface area (Å²) in [7, 11) is 1.52. The van der Waals surface area contributed by atoms with Crippen molar-refractivity contribution in [2.75, 3.05) is 13.7 Å². The van der Waals surface area contributed by atoms with E-state index in [1.807, 2.05) is 29.7 Å². The smallest absolute Gasteiger partial charge is 0.307 e. The van der Waals surface area contributed by atoms with Crippen molar-refractivity contribution in [3.05, 3.63) is 58.4 Å². The maximum Gasteiger partial charge on any atom is 0.307 e. The first kappa shape index (κ1) is 19.8. The highest BCUT2D eigenvalue weighted by molar-refractivity contribution is 7.16. The highest BCUT2D eigenvalue weighted by Gasteiger charge is 2.14. The summed E-state index contributed by atoms with van der Waals surface area (Å²) in [6, 6.07) is 13.0. The van der Waals surface area contributed by atoms with E-state index in [0.29, 0.717) is 29.3 Å². The first-order valence-electron chi connectivity index (χ1n) is 9.01. The van der Waals surface area contributed by atoms with Gasteiger partial charge in [-0.3, -0.25) is 9.59 Å². The van der Waals surface area contributed by atoms with Crippen LogP contribution in [0.25, 0.3) is 10.2 Å². The Morgan fingerprint density at radius 2 is 1.96 bits per heavy atom. The number of nitrogens with zero attached hydrogens (tertiary/aromatic N) is 2. The normalized spacial score (nSPS) is 11.6. The van der Waals surface area contributed by atoms with Crippen LogP contribution in [0.15, 0.2) is 47.5 Å². The van der Waals surface area contributed by atoms with Gasteiger partial charge in [0.05, 0.1) is 35.9 Å². The minimum absolute atomic E-state index is 0.212. The van der Waals surface area contributed by atoms with Crippen molar-refractivity contribution in [2.24, 2.45) is 4.99 Å². The van der Waals surface area contributed by atoms with E-state index in [0.717, 1.165) is 15.8 Å². The van der Waals surface area contributed by atoms with Crippen LogP contribution in [-0.4, -0.2) is 30.2 Å². The molecule has 28 heavy (non-hydrogen) atoms. The van der Waals surface area contributed by atoms with E-state index in [1.54, 1.807) is 31.2 Å². The molecule has 3 aromatic rings. The first-order chi connectivity index (χ1) is 13.5. The number of carbonyl (C=O) groups excluding carboxylic acids is 2. The molecule has 0 aliphatic carbocycles. The van der Waals surface area contributed by atoms with Crippen LogP contribution in [0, 0.1) is 6.92 Å². The zero-order chi connectivity index (χ0) is 20.1. The standard InChI is InChI=1S/C21H22N2O4S/c1-4-27-19(24)11-12-23-16-10-9-14(2)13-18(16)28-21(23)22-20(25)15-7-5-6-8-17(15)26-3/h5-10,13H,4,11-12H2,1-3H3. The first-order valence-corrected chi connectivity index (χ1v) is 9.82. The number of benzene rings is 2. The second-order valence-corrected chi connectivity index (χ2v) is 7.19. The van der Waals surface area contributed by atoms with Crippen LogP contribution >= 0.6 is 11.3 Å². The lowest BCUT2D eigenvalue weighted by molar-refractivity contribution is -0.143. The summed E-state index contributed by atoms with van der Waals surface area (Å²) in [5.74, 6) is -0.180. The molecule has 146 valence electrons. The van der Waals surface area contributed by atoms with Crippen LogP contribution in [0.4, 0.5) is 0 Å². The van der Waals surface area contributed by atoms with Gasteiger partial charge in [-0.15, -0.1) is 0 Å². The summed E-state index contributed by atoms with van der Waals surface area (Å²) in [5, 5.41) is 0. The van der Waals surface area contributed by atoms with Crippen molar-refractivity contribution >= 4 is 33.4 Å². The van der Waals surface area contributed by atoms with Gasteiger partial charge < -0.3 is 14.0 Å². The van der Waals surface area contributed by atoms with E-state index in [9.17, 15) is 9.59 Å². The van der Waals surface area contributed by atoms with Gasteiger partial charge in [0.1, 0.15) is 5.75 Å². The van der Waals surface area contributed by atoms with Gasteiger partial charge in [0, 0.05) is 6.54 Å². The minimum atomic E-state index is -0.384. The maximum absolute atomic E-state index is 12.8. The van der Waals surface area contributed by atoms with Crippen molar-refractivity contribution < 1.29 is 19.1 Å². The molecular weight excluding hydrogens is 376 g/mol. The van der Waals surface area contributed by atoms with Crippen molar-refractivity contribution in [3.8, 4) is 5.75 Å². The van der Waals surface area contributed by atoms with Crippen LogP contribution in [-0.2, 0) is 16.1 Å². The number of fused-ring (bicyclic) bond motifs is 1. The Bertz CT molecular complexity index is 1080. The maximum atomic E-state index is 12.8. The minimum Gasteiger partial charge on any atom is -0.496 e. The molecule has 0 spiro atoms. The monoisotopic (exact) mass is 398 g/mol. The number of methoxy groups -OCH3 is 1. The van der Waals surface area contributed by atoms with Crippen molar-refractivity contribution in [2.45, 2.75) is 26.8 Å². The summed E-state index contributed by atoms with van der Waals surface area (Å²) < 4.78 is 13.2. The van der Waals surface area contributed by atoms with Crippen LogP contribution in [0.5, 0.6) is 5.75 Å². The number of thiazole rings is 1. The van der Waals surface area contributed by atoms with Crippen LogP contribution < -0.4 is 9.54 Å². The highest BCUT2D eigenvalue weighted by atomic mass is 32.1. The van der Waals surface area contributed by atoms with Gasteiger partial charge in [-0.05, 0) is 43.7 Å². The number of ether oxygens (including phenoxy) is 2. The van der Waals surface area contributed by atoms with Crippen LogP contribution in [0.2, 0.25) is 0 Å². The van der Waals surface area contributed by atoms with Crippen molar-refractivity contribution in [1.82, 2.24) is 4.57 Å². The van der Waals surface area contributed by atoms with E-state index in [-0.39, 0.29) is 18.3 Å². The molecule has 0 bridgehead atoms. The number of hydrogen-bond donors (Lipinski definition) is 0. The summed E-state index contributed by atoms with van der Waals surface area (Å²) in [4.78, 5) is 29.5. The lowest BCUT2D eigenvalue weighted by Gasteiger charge is -2.06. The number of amides is 1. The Kier molecular flexibility index (Phi) is 6.26. The van der Waals surface area contributed by atoms with Gasteiger partial charge >= 0.3 is 5.97 Å². The summed E-state index contributed by atoms with van der Waals surface area (Å²) >= 11 is 1.42. The molecule has 0 aliphatic rings. The Balaban J connectivity index is 2.05. The Hall–Kier alpha value is -2.93. The van der Waals surface area contributed by atoms with E-state index >= 15 is 0 Å². The summed E-state index contributed by atoms with van der Waals surface area (Å²) in [5.41, 5.74) is 2.45. The number of esters is 1. The fraction of sp³-hybridized carbons (Fsp3) is 0.286. The largest absolute Gasteiger partial charge is 0.496 e. The zero-order valence-corrected chi connectivity index (χ0v) is 16.9. The molecule has 0 aliphatic heterocycles. The zero-order valence-electron chi connectivity index (χ0n) is 16.1. The number of aromatic nitrogens is 1. The average molecular weight is 398 g/mol. The van der Waals surface area contributed by atoms with Crippen LogP contribution in [0.1, 0.15) is 29.3 Å². The molecule has 0 unspecified atom stereocenters. The molecular formula is C21H22N2O4S. The Labute approximate surface area is 167 Å². The van der Waals surface area contributed by atoms with E-state index in [1.165, 1.54) is 18.4 Å². The molecule has 7 heteroatoms. The molecule has 1 heterocycles. The molecule has 1 aromatic heterocycles. The molecule has 0 saturated carbocycles. The third kappa shape index (κ3) is 4.31. The second kappa shape index (κ2) is 8.84. The van der Waals surface area contributed by atoms with Gasteiger partial charge in [0.15, 0.2) is 4.80 Å².